The Morgan fingerprint density at radius 2 is 1.90 bits per heavy atom. The molecule has 0 aliphatic carbocycles. The molecule has 30 heavy (non-hydrogen) atoms. The zero-order valence-electron chi connectivity index (χ0n) is 17.2. The van der Waals surface area contributed by atoms with Crippen molar-refractivity contribution in [1.82, 2.24) is 15.5 Å². The second-order valence-electron chi connectivity index (χ2n) is 7.32. The van der Waals surface area contributed by atoms with Crippen LogP contribution in [-0.2, 0) is 20.9 Å². The second kappa shape index (κ2) is 11.1. The van der Waals surface area contributed by atoms with Crippen LogP contribution in [0.5, 0.6) is 0 Å². The van der Waals surface area contributed by atoms with E-state index >= 15 is 0 Å². The smallest absolute Gasteiger partial charge is 0.326 e. The average Bonchev–Trinajstić information content (AvgIpc) is 2.66. The van der Waals surface area contributed by atoms with Gasteiger partial charge in [0.15, 0.2) is 0 Å². The highest BCUT2D eigenvalue weighted by atomic mass is 127. The summed E-state index contributed by atoms with van der Waals surface area (Å²) in [5.74, 6) is -0.678. The summed E-state index contributed by atoms with van der Waals surface area (Å²) in [6.45, 7) is 4.88. The molecule has 166 valence electrons. The van der Waals surface area contributed by atoms with Gasteiger partial charge < -0.3 is 20.3 Å². The maximum absolute atomic E-state index is 12.2. The van der Waals surface area contributed by atoms with Gasteiger partial charge in [0.25, 0.3) is 0 Å². The molecule has 1 saturated heterocycles. The average molecular weight is 533 g/mol. The Morgan fingerprint density at radius 3 is 2.43 bits per heavy atom. The summed E-state index contributed by atoms with van der Waals surface area (Å²) in [5, 5.41) is 26.3. The van der Waals surface area contributed by atoms with E-state index in [0.717, 1.165) is 9.13 Å². The fraction of sp³-hybridized carbons (Fsp3) is 0.550. The molecule has 1 unspecified atom stereocenters. The lowest BCUT2D eigenvalue weighted by molar-refractivity contribution is -0.163. The van der Waals surface area contributed by atoms with Gasteiger partial charge in [0, 0.05) is 23.1 Å². The van der Waals surface area contributed by atoms with Crippen LogP contribution in [0.2, 0.25) is 0 Å². The van der Waals surface area contributed by atoms with Crippen molar-refractivity contribution < 1.29 is 29.3 Å². The predicted molar refractivity (Wildman–Crippen MR) is 117 cm³/mol. The van der Waals surface area contributed by atoms with Crippen molar-refractivity contribution >= 4 is 40.3 Å². The topological polar surface area (TPSA) is 128 Å². The van der Waals surface area contributed by atoms with Gasteiger partial charge in [0.1, 0.15) is 24.2 Å². The van der Waals surface area contributed by atoms with Crippen molar-refractivity contribution in [3.05, 3.63) is 33.4 Å². The van der Waals surface area contributed by atoms with E-state index in [4.69, 9.17) is 4.74 Å². The fourth-order valence-electron chi connectivity index (χ4n) is 3.23. The number of urea groups is 1. The monoisotopic (exact) mass is 533 g/mol. The minimum Gasteiger partial charge on any atom is -0.391 e. The molecule has 1 fully saturated rings. The van der Waals surface area contributed by atoms with Crippen molar-refractivity contribution in [1.29, 1.82) is 0 Å². The SMILES string of the molecule is CC(=O)[C@@H](NCc1ccc(I)cc1)[C@H](O)[C@@H](O[C@H](C)N1CCC(=O)NC1=O)C(C)O. The molecule has 9 nitrogen and oxygen atoms in total. The van der Waals surface area contributed by atoms with Crippen molar-refractivity contribution in [2.24, 2.45) is 0 Å². The maximum atomic E-state index is 12.2. The van der Waals surface area contributed by atoms with Gasteiger partial charge in [-0.3, -0.25) is 19.8 Å². The van der Waals surface area contributed by atoms with Gasteiger partial charge in [-0.25, -0.2) is 4.79 Å². The number of imide groups is 1. The zero-order chi connectivity index (χ0) is 22.4. The van der Waals surface area contributed by atoms with Crippen LogP contribution in [-0.4, -0.2) is 70.0 Å². The first-order valence-electron chi connectivity index (χ1n) is 9.70. The van der Waals surface area contributed by atoms with Crippen molar-refractivity contribution in [2.75, 3.05) is 6.54 Å². The van der Waals surface area contributed by atoms with Crippen LogP contribution < -0.4 is 10.6 Å². The number of ether oxygens (including phenoxy) is 1. The summed E-state index contributed by atoms with van der Waals surface area (Å²) in [7, 11) is 0. The third-order valence-electron chi connectivity index (χ3n) is 4.91. The molecule has 1 aliphatic heterocycles. The molecule has 0 spiro atoms. The molecule has 1 heterocycles. The van der Waals surface area contributed by atoms with E-state index in [1.807, 2.05) is 24.3 Å². The molecule has 1 aromatic carbocycles. The van der Waals surface area contributed by atoms with E-state index in [2.05, 4.69) is 33.2 Å². The minimum atomic E-state index is -1.36. The minimum absolute atomic E-state index is 0.134. The highest BCUT2D eigenvalue weighted by Crippen LogP contribution is 2.17. The van der Waals surface area contributed by atoms with Crippen molar-refractivity contribution in [3.63, 3.8) is 0 Å². The predicted octanol–water partition coefficient (Wildman–Crippen LogP) is 0.753. The molecule has 3 amide bonds. The second-order valence-corrected chi connectivity index (χ2v) is 8.57. The molecule has 0 bridgehead atoms. The first kappa shape index (κ1) is 24.7. The Morgan fingerprint density at radius 1 is 1.27 bits per heavy atom. The zero-order valence-corrected chi connectivity index (χ0v) is 19.3. The van der Waals surface area contributed by atoms with E-state index < -0.39 is 36.6 Å². The van der Waals surface area contributed by atoms with Crippen LogP contribution >= 0.6 is 22.6 Å². The Hall–Kier alpha value is -1.60. The number of nitrogens with one attached hydrogen (secondary N) is 2. The number of carbonyl (C=O) groups excluding carboxylic acids is 3. The number of hydrogen-bond donors (Lipinski definition) is 4. The van der Waals surface area contributed by atoms with Crippen LogP contribution in [0.25, 0.3) is 0 Å². The number of aliphatic hydroxyl groups is 2. The Kier molecular flexibility index (Phi) is 9.16. The number of nitrogens with zero attached hydrogens (tertiary/aromatic N) is 1. The quantitative estimate of drug-likeness (QED) is 0.327. The number of halogens is 1. The first-order valence-corrected chi connectivity index (χ1v) is 10.8. The number of amides is 3. The van der Waals surface area contributed by atoms with E-state index in [1.165, 1.54) is 18.7 Å². The molecule has 4 N–H and O–H groups in total. The number of hydrogen-bond acceptors (Lipinski definition) is 7. The molecular weight excluding hydrogens is 505 g/mol. The van der Waals surface area contributed by atoms with Gasteiger partial charge in [0.2, 0.25) is 5.91 Å². The van der Waals surface area contributed by atoms with E-state index in [0.29, 0.717) is 6.54 Å². The van der Waals surface area contributed by atoms with E-state index in [-0.39, 0.29) is 24.7 Å². The third kappa shape index (κ3) is 6.71. The Labute approximate surface area is 189 Å². The summed E-state index contributed by atoms with van der Waals surface area (Å²) < 4.78 is 6.86. The van der Waals surface area contributed by atoms with Crippen molar-refractivity contribution in [3.8, 4) is 0 Å². The van der Waals surface area contributed by atoms with E-state index in [9.17, 15) is 24.6 Å². The number of benzene rings is 1. The summed E-state index contributed by atoms with van der Waals surface area (Å²) in [6, 6.07) is 6.13. The highest BCUT2D eigenvalue weighted by molar-refractivity contribution is 14.1. The molecule has 2 rings (SSSR count). The molecule has 10 heteroatoms. The third-order valence-corrected chi connectivity index (χ3v) is 5.63. The fourth-order valence-corrected chi connectivity index (χ4v) is 3.59. The lowest BCUT2D eigenvalue weighted by Gasteiger charge is -2.37. The number of ketones is 1. The summed E-state index contributed by atoms with van der Waals surface area (Å²) in [6.07, 6.45) is -4.29. The molecular formula is C20H28IN3O6. The van der Waals surface area contributed by atoms with Gasteiger partial charge in [-0.05, 0) is 61.1 Å². The number of carbonyl (C=O) groups is 3. The number of Topliss-reactive ketones (excluding diaryl/α,β-unsaturated/α-hetero) is 1. The molecule has 0 saturated carbocycles. The molecule has 0 radical (unpaired) electrons. The molecule has 1 aliphatic rings. The van der Waals surface area contributed by atoms with Crippen molar-refractivity contribution in [2.45, 2.75) is 64.3 Å². The van der Waals surface area contributed by atoms with Crippen LogP contribution in [0.4, 0.5) is 4.79 Å². The molecule has 5 atom stereocenters. The van der Waals surface area contributed by atoms with Gasteiger partial charge in [-0.15, -0.1) is 0 Å². The standard InChI is InChI=1S/C20H28IN3O6/c1-11(25)17(22-10-14-4-6-15(21)7-5-14)18(28)19(12(2)26)30-13(3)24-9-8-16(27)23-20(24)29/h4-7,12-13,17-19,22,26,28H,8-10H2,1-3H3,(H,23,27,29)/t12?,13-,17-,18+,19+/m1/s1. The van der Waals surface area contributed by atoms with Gasteiger partial charge in [-0.2, -0.15) is 0 Å². The Bertz CT molecular complexity index is 757. The normalized spacial score (nSPS) is 19.6. The maximum Gasteiger partial charge on any atom is 0.326 e. The highest BCUT2D eigenvalue weighted by Gasteiger charge is 2.37. The largest absolute Gasteiger partial charge is 0.391 e. The summed E-state index contributed by atoms with van der Waals surface area (Å²) in [5.41, 5.74) is 0.936. The first-order chi connectivity index (χ1) is 14.1. The number of rotatable bonds is 10. The van der Waals surface area contributed by atoms with Gasteiger partial charge >= 0.3 is 6.03 Å². The lowest BCUT2D eigenvalue weighted by Crippen LogP contribution is -2.58. The van der Waals surface area contributed by atoms with E-state index in [1.54, 1.807) is 6.92 Å². The Balaban J connectivity index is 2.07. The number of aliphatic hydroxyl groups excluding tert-OH is 2. The molecule has 1 aromatic rings. The van der Waals surface area contributed by atoms with Crippen LogP contribution in [0.3, 0.4) is 0 Å². The van der Waals surface area contributed by atoms with Gasteiger partial charge in [-0.1, -0.05) is 12.1 Å². The summed E-state index contributed by atoms with van der Waals surface area (Å²) in [4.78, 5) is 36.8. The lowest BCUT2D eigenvalue weighted by atomic mass is 9.98. The van der Waals surface area contributed by atoms with Gasteiger partial charge in [0.05, 0.1) is 12.1 Å². The summed E-state index contributed by atoms with van der Waals surface area (Å²) >= 11 is 2.20. The van der Waals surface area contributed by atoms with Crippen LogP contribution in [0, 0.1) is 3.57 Å². The van der Waals surface area contributed by atoms with Crippen LogP contribution in [0.15, 0.2) is 24.3 Å². The van der Waals surface area contributed by atoms with Crippen LogP contribution in [0.1, 0.15) is 32.8 Å². The molecule has 0 aromatic heterocycles.